The lowest BCUT2D eigenvalue weighted by Crippen LogP contribution is -1.94. The van der Waals surface area contributed by atoms with Crippen molar-refractivity contribution in [3.8, 4) is 0 Å². The normalized spacial score (nSPS) is 13.3. The summed E-state index contributed by atoms with van der Waals surface area (Å²) in [5.41, 5.74) is 0. The van der Waals surface area contributed by atoms with Crippen LogP contribution in [0.3, 0.4) is 0 Å². The van der Waals surface area contributed by atoms with Gasteiger partial charge in [-0.2, -0.15) is 0 Å². The molecule has 0 atom stereocenters. The van der Waals surface area contributed by atoms with Crippen LogP contribution in [-0.4, -0.2) is 18.3 Å². The topological polar surface area (TPSA) is 55.8 Å². The lowest BCUT2D eigenvalue weighted by molar-refractivity contribution is 0.227. The zero-order valence-corrected chi connectivity index (χ0v) is 9.21. The summed E-state index contributed by atoms with van der Waals surface area (Å²) in [6, 6.07) is 0. The fraction of sp³-hybridized carbons (Fsp3) is 0.750. The summed E-state index contributed by atoms with van der Waals surface area (Å²) >= 11 is 0. The average Bonchev–Trinajstić information content (AvgIpc) is 2.04. The average molecular weight is 208 g/mol. The first-order chi connectivity index (χ1) is 6.08. The fourth-order valence-electron chi connectivity index (χ4n) is 0.745. The van der Waals surface area contributed by atoms with Crippen LogP contribution in [0.2, 0.25) is 0 Å². The molecular weight excluding hydrogens is 191 g/mol. The van der Waals surface area contributed by atoms with Gasteiger partial charge in [0.25, 0.3) is 0 Å². The molecule has 1 N–H and O–H groups in total. The number of aliphatic hydroxyl groups is 1. The Morgan fingerprint density at radius 1 is 1.31 bits per heavy atom. The molecule has 4 nitrogen and oxygen atoms in total. The fourth-order valence-corrected chi connectivity index (χ4v) is 2.24. The molecule has 0 spiro atoms. The maximum atomic E-state index is 11.7. The van der Waals surface area contributed by atoms with E-state index in [0.29, 0.717) is 19.6 Å². The minimum absolute atomic E-state index is 0.0326. The third kappa shape index (κ3) is 5.09. The van der Waals surface area contributed by atoms with Gasteiger partial charge in [-0.3, -0.25) is 4.57 Å². The first kappa shape index (κ1) is 12.7. The smallest absolute Gasteiger partial charge is 0.357 e. The Morgan fingerprint density at radius 2 is 1.77 bits per heavy atom. The van der Waals surface area contributed by atoms with E-state index in [1.807, 2.05) is 0 Å². The summed E-state index contributed by atoms with van der Waals surface area (Å²) in [4.78, 5) is 0. The first-order valence-electron chi connectivity index (χ1n) is 4.37. The van der Waals surface area contributed by atoms with Crippen LogP contribution in [0.5, 0.6) is 0 Å². The highest BCUT2D eigenvalue weighted by molar-refractivity contribution is 7.57. The van der Waals surface area contributed by atoms with Gasteiger partial charge in [-0.1, -0.05) is 6.92 Å². The summed E-state index contributed by atoms with van der Waals surface area (Å²) in [5.74, 6) is 1.20. The molecule has 0 aromatic rings. The van der Waals surface area contributed by atoms with Crippen molar-refractivity contribution in [2.24, 2.45) is 0 Å². The molecular formula is C8H17O4P. The number of hydrogen-bond donors (Lipinski definition) is 1. The van der Waals surface area contributed by atoms with Crippen LogP contribution in [0.15, 0.2) is 11.6 Å². The van der Waals surface area contributed by atoms with E-state index in [4.69, 9.17) is 9.05 Å². The Bertz CT molecular complexity index is 202. The lowest BCUT2D eigenvalue weighted by Gasteiger charge is -2.12. The minimum Gasteiger partial charge on any atom is -0.512 e. The van der Waals surface area contributed by atoms with Crippen LogP contribution in [0.1, 0.15) is 27.2 Å². The molecule has 0 saturated heterocycles. The zero-order valence-electron chi connectivity index (χ0n) is 8.32. The Kier molecular flexibility index (Phi) is 6.04. The minimum atomic E-state index is -3.20. The number of rotatable bonds is 6. The predicted molar refractivity (Wildman–Crippen MR) is 51.9 cm³/mol. The molecule has 0 saturated carbocycles. The van der Waals surface area contributed by atoms with Crippen LogP contribution >= 0.6 is 7.60 Å². The SMILES string of the molecule is CCOP(=O)(/C=C(\O)CC)OCC. The van der Waals surface area contributed by atoms with Crippen molar-refractivity contribution in [1.82, 2.24) is 0 Å². The highest BCUT2D eigenvalue weighted by Crippen LogP contribution is 2.50. The quantitative estimate of drug-likeness (QED) is 0.538. The number of hydrogen-bond acceptors (Lipinski definition) is 4. The monoisotopic (exact) mass is 208 g/mol. The van der Waals surface area contributed by atoms with Crippen LogP contribution in [0.4, 0.5) is 0 Å². The largest absolute Gasteiger partial charge is 0.512 e. The summed E-state index contributed by atoms with van der Waals surface area (Å²) in [7, 11) is -3.20. The predicted octanol–water partition coefficient (Wildman–Crippen LogP) is 3.06. The number of allylic oxidation sites excluding steroid dienone is 1. The standard InChI is InChI=1S/C8H17O4P/c1-4-8(9)7-13(10,11-5-2)12-6-3/h7,9H,4-6H2,1-3H3/b8-7-. The molecule has 0 unspecified atom stereocenters. The lowest BCUT2D eigenvalue weighted by atomic mass is 10.4. The molecule has 0 fully saturated rings. The van der Waals surface area contributed by atoms with E-state index in [1.54, 1.807) is 20.8 Å². The highest BCUT2D eigenvalue weighted by Gasteiger charge is 2.20. The van der Waals surface area contributed by atoms with Gasteiger partial charge >= 0.3 is 7.60 Å². The molecule has 0 aliphatic heterocycles. The van der Waals surface area contributed by atoms with E-state index in [-0.39, 0.29) is 5.76 Å². The van der Waals surface area contributed by atoms with Gasteiger partial charge < -0.3 is 14.2 Å². The first-order valence-corrected chi connectivity index (χ1v) is 5.98. The van der Waals surface area contributed by atoms with Crippen molar-refractivity contribution < 1.29 is 18.7 Å². The van der Waals surface area contributed by atoms with Gasteiger partial charge in [0.1, 0.15) is 5.76 Å². The molecule has 0 amide bonds. The Labute approximate surface area is 79.1 Å². The third-order valence-electron chi connectivity index (χ3n) is 1.29. The summed E-state index contributed by atoms with van der Waals surface area (Å²) in [6.07, 6.45) is 0.421. The summed E-state index contributed by atoms with van der Waals surface area (Å²) in [6.45, 7) is 5.80. The molecule has 0 bridgehead atoms. The molecule has 0 rings (SSSR count). The van der Waals surface area contributed by atoms with Crippen LogP contribution < -0.4 is 0 Å². The van der Waals surface area contributed by atoms with Gasteiger partial charge in [0.15, 0.2) is 0 Å². The Hall–Kier alpha value is -0.310. The van der Waals surface area contributed by atoms with Crippen molar-refractivity contribution >= 4 is 7.60 Å². The Morgan fingerprint density at radius 3 is 2.08 bits per heavy atom. The van der Waals surface area contributed by atoms with E-state index >= 15 is 0 Å². The van der Waals surface area contributed by atoms with E-state index in [1.165, 1.54) is 5.82 Å². The van der Waals surface area contributed by atoms with Crippen LogP contribution in [0.25, 0.3) is 0 Å². The van der Waals surface area contributed by atoms with E-state index in [9.17, 15) is 9.67 Å². The van der Waals surface area contributed by atoms with Gasteiger partial charge in [0, 0.05) is 6.42 Å². The van der Waals surface area contributed by atoms with Crippen LogP contribution in [0, 0.1) is 0 Å². The van der Waals surface area contributed by atoms with E-state index in [0.717, 1.165) is 0 Å². The van der Waals surface area contributed by atoms with Gasteiger partial charge in [0.05, 0.1) is 19.0 Å². The highest BCUT2D eigenvalue weighted by atomic mass is 31.2. The molecule has 5 heteroatoms. The van der Waals surface area contributed by atoms with Gasteiger partial charge in [-0.05, 0) is 13.8 Å². The molecule has 13 heavy (non-hydrogen) atoms. The Balaban J connectivity index is 4.49. The van der Waals surface area contributed by atoms with Gasteiger partial charge in [-0.25, -0.2) is 0 Å². The second-order valence-electron chi connectivity index (χ2n) is 2.35. The van der Waals surface area contributed by atoms with Gasteiger partial charge in [-0.15, -0.1) is 0 Å². The maximum absolute atomic E-state index is 11.7. The number of aliphatic hydroxyl groups excluding tert-OH is 1. The van der Waals surface area contributed by atoms with Gasteiger partial charge in [0.2, 0.25) is 0 Å². The zero-order chi connectivity index (χ0) is 10.3. The third-order valence-corrected chi connectivity index (χ3v) is 3.14. The van der Waals surface area contributed by atoms with Crippen molar-refractivity contribution in [2.45, 2.75) is 27.2 Å². The molecule has 0 aromatic carbocycles. The van der Waals surface area contributed by atoms with Crippen molar-refractivity contribution in [3.63, 3.8) is 0 Å². The molecule has 0 aromatic heterocycles. The van der Waals surface area contributed by atoms with Crippen LogP contribution in [-0.2, 0) is 13.6 Å². The molecule has 0 aliphatic rings. The van der Waals surface area contributed by atoms with E-state index < -0.39 is 7.60 Å². The second kappa shape index (κ2) is 6.19. The second-order valence-corrected chi connectivity index (χ2v) is 4.20. The van der Waals surface area contributed by atoms with E-state index in [2.05, 4.69) is 0 Å². The molecule has 0 radical (unpaired) electrons. The summed E-state index contributed by atoms with van der Waals surface area (Å²) < 4.78 is 21.6. The molecule has 78 valence electrons. The molecule has 0 aliphatic carbocycles. The molecule has 0 heterocycles. The summed E-state index contributed by atoms with van der Waals surface area (Å²) in [5, 5.41) is 9.18. The van der Waals surface area contributed by atoms with Crippen molar-refractivity contribution in [3.05, 3.63) is 11.6 Å². The van der Waals surface area contributed by atoms with Crippen molar-refractivity contribution in [1.29, 1.82) is 0 Å². The van der Waals surface area contributed by atoms with Crippen molar-refractivity contribution in [2.75, 3.05) is 13.2 Å². The maximum Gasteiger partial charge on any atom is 0.357 e.